The van der Waals surface area contributed by atoms with Gasteiger partial charge in [0.1, 0.15) is 0 Å². The highest BCUT2D eigenvalue weighted by Gasteiger charge is 2.42. The summed E-state index contributed by atoms with van der Waals surface area (Å²) >= 11 is 0. The number of hydrogen-bond acceptors (Lipinski definition) is 2. The van der Waals surface area contributed by atoms with Gasteiger partial charge in [-0.15, -0.1) is 0 Å². The molecular formula is C17H31NO. The highest BCUT2D eigenvalue weighted by atomic mass is 16.5. The van der Waals surface area contributed by atoms with Crippen LogP contribution < -0.4 is 5.32 Å². The van der Waals surface area contributed by atoms with Crippen molar-refractivity contribution in [3.05, 3.63) is 0 Å². The van der Waals surface area contributed by atoms with Gasteiger partial charge in [0.15, 0.2) is 0 Å². The molecule has 1 unspecified atom stereocenters. The molecule has 1 spiro atoms. The van der Waals surface area contributed by atoms with E-state index < -0.39 is 0 Å². The smallest absolute Gasteiger partial charge is 0.0697 e. The Labute approximate surface area is 118 Å². The van der Waals surface area contributed by atoms with Gasteiger partial charge in [0.25, 0.3) is 0 Å². The van der Waals surface area contributed by atoms with E-state index in [4.69, 9.17) is 4.74 Å². The number of ether oxygens (including phenoxy) is 1. The first-order chi connectivity index (χ1) is 9.30. The van der Waals surface area contributed by atoms with Crippen molar-refractivity contribution in [2.45, 2.75) is 82.8 Å². The van der Waals surface area contributed by atoms with Crippen molar-refractivity contribution in [3.8, 4) is 0 Å². The topological polar surface area (TPSA) is 21.3 Å². The minimum atomic E-state index is 0.301. The summed E-state index contributed by atoms with van der Waals surface area (Å²) in [6.45, 7) is 4.60. The lowest BCUT2D eigenvalue weighted by atomic mass is 9.73. The first-order valence-corrected chi connectivity index (χ1v) is 8.67. The minimum Gasteiger partial charge on any atom is -0.375 e. The predicted molar refractivity (Wildman–Crippen MR) is 79.3 cm³/mol. The van der Waals surface area contributed by atoms with Crippen LogP contribution in [0.3, 0.4) is 0 Å². The molecule has 2 saturated carbocycles. The zero-order valence-electron chi connectivity index (χ0n) is 12.6. The van der Waals surface area contributed by atoms with E-state index >= 15 is 0 Å². The van der Waals surface area contributed by atoms with Crippen molar-refractivity contribution >= 4 is 0 Å². The summed E-state index contributed by atoms with van der Waals surface area (Å²) in [5.41, 5.74) is 0.301. The second kappa shape index (κ2) is 6.13. The van der Waals surface area contributed by atoms with E-state index in [1.807, 2.05) is 0 Å². The summed E-state index contributed by atoms with van der Waals surface area (Å²) in [5, 5.41) is 3.87. The Morgan fingerprint density at radius 1 is 1.05 bits per heavy atom. The van der Waals surface area contributed by atoms with Gasteiger partial charge >= 0.3 is 0 Å². The zero-order valence-corrected chi connectivity index (χ0v) is 12.6. The van der Waals surface area contributed by atoms with Gasteiger partial charge in [0, 0.05) is 12.6 Å². The van der Waals surface area contributed by atoms with Crippen LogP contribution >= 0.6 is 0 Å². The second-order valence-electron chi connectivity index (χ2n) is 7.28. The molecule has 0 aromatic heterocycles. The molecule has 1 aliphatic heterocycles. The molecule has 1 heterocycles. The normalized spacial score (nSPS) is 38.1. The Bertz CT molecular complexity index is 279. The van der Waals surface area contributed by atoms with Gasteiger partial charge in [-0.05, 0) is 63.3 Å². The SMILES string of the molecule is CCC1CCC(CNC2CCOC3(CCC3)C2)CC1. The first kappa shape index (κ1) is 13.9. The van der Waals surface area contributed by atoms with Crippen LogP contribution in [0.2, 0.25) is 0 Å². The molecule has 0 amide bonds. The van der Waals surface area contributed by atoms with Crippen LogP contribution in [0.15, 0.2) is 0 Å². The van der Waals surface area contributed by atoms with Crippen molar-refractivity contribution in [1.82, 2.24) is 5.32 Å². The number of nitrogens with one attached hydrogen (secondary N) is 1. The van der Waals surface area contributed by atoms with Crippen molar-refractivity contribution in [1.29, 1.82) is 0 Å². The van der Waals surface area contributed by atoms with Crippen LogP contribution in [0.5, 0.6) is 0 Å². The predicted octanol–water partition coefficient (Wildman–Crippen LogP) is 3.89. The average molecular weight is 265 g/mol. The zero-order chi connectivity index (χ0) is 13.1. The van der Waals surface area contributed by atoms with E-state index in [0.29, 0.717) is 5.60 Å². The summed E-state index contributed by atoms with van der Waals surface area (Å²) in [6.07, 6.45) is 13.8. The molecule has 0 aromatic rings. The van der Waals surface area contributed by atoms with Crippen molar-refractivity contribution in [2.75, 3.05) is 13.2 Å². The lowest BCUT2D eigenvalue weighted by Crippen LogP contribution is -2.51. The van der Waals surface area contributed by atoms with Crippen LogP contribution in [0.1, 0.15) is 71.1 Å². The van der Waals surface area contributed by atoms with E-state index in [0.717, 1.165) is 24.5 Å². The first-order valence-electron chi connectivity index (χ1n) is 8.67. The summed E-state index contributed by atoms with van der Waals surface area (Å²) < 4.78 is 6.01. The lowest BCUT2D eigenvalue weighted by Gasteiger charge is -2.47. The average Bonchev–Trinajstić information content (AvgIpc) is 2.44. The molecular weight excluding hydrogens is 234 g/mol. The van der Waals surface area contributed by atoms with Gasteiger partial charge in [-0.2, -0.15) is 0 Å². The highest BCUT2D eigenvalue weighted by Crippen LogP contribution is 2.42. The van der Waals surface area contributed by atoms with Gasteiger partial charge in [-0.3, -0.25) is 0 Å². The molecule has 0 bridgehead atoms. The highest BCUT2D eigenvalue weighted by molar-refractivity contribution is 4.96. The molecule has 1 N–H and O–H groups in total. The fourth-order valence-electron chi connectivity index (χ4n) is 4.30. The van der Waals surface area contributed by atoms with E-state index in [1.165, 1.54) is 70.8 Å². The van der Waals surface area contributed by atoms with E-state index in [1.54, 1.807) is 0 Å². The quantitative estimate of drug-likeness (QED) is 0.832. The minimum absolute atomic E-state index is 0.301. The van der Waals surface area contributed by atoms with Gasteiger partial charge < -0.3 is 10.1 Å². The molecule has 3 fully saturated rings. The molecule has 3 rings (SSSR count). The summed E-state index contributed by atoms with van der Waals surface area (Å²) in [5.74, 6) is 1.97. The molecule has 0 radical (unpaired) electrons. The molecule has 2 heteroatoms. The van der Waals surface area contributed by atoms with Crippen LogP contribution in [-0.2, 0) is 4.74 Å². The van der Waals surface area contributed by atoms with Crippen LogP contribution in [0, 0.1) is 11.8 Å². The van der Waals surface area contributed by atoms with Gasteiger partial charge in [0.2, 0.25) is 0 Å². The molecule has 1 saturated heterocycles. The Morgan fingerprint density at radius 3 is 2.42 bits per heavy atom. The fourth-order valence-corrected chi connectivity index (χ4v) is 4.30. The molecule has 2 nitrogen and oxygen atoms in total. The summed E-state index contributed by atoms with van der Waals surface area (Å²) in [7, 11) is 0. The maximum Gasteiger partial charge on any atom is 0.0697 e. The number of rotatable bonds is 4. The fraction of sp³-hybridized carbons (Fsp3) is 1.00. The van der Waals surface area contributed by atoms with Crippen LogP contribution in [0.4, 0.5) is 0 Å². The van der Waals surface area contributed by atoms with Gasteiger partial charge in [-0.1, -0.05) is 26.2 Å². The van der Waals surface area contributed by atoms with Crippen LogP contribution in [0.25, 0.3) is 0 Å². The third kappa shape index (κ3) is 3.33. The molecule has 0 aromatic carbocycles. The maximum absolute atomic E-state index is 6.01. The third-order valence-corrected chi connectivity index (χ3v) is 6.00. The second-order valence-corrected chi connectivity index (χ2v) is 7.28. The Morgan fingerprint density at radius 2 is 1.79 bits per heavy atom. The largest absolute Gasteiger partial charge is 0.375 e. The maximum atomic E-state index is 6.01. The third-order valence-electron chi connectivity index (χ3n) is 6.00. The van der Waals surface area contributed by atoms with E-state index in [-0.39, 0.29) is 0 Å². The van der Waals surface area contributed by atoms with Gasteiger partial charge in [0.05, 0.1) is 5.60 Å². The molecule has 1 atom stereocenters. The number of hydrogen-bond donors (Lipinski definition) is 1. The lowest BCUT2D eigenvalue weighted by molar-refractivity contribution is -0.135. The standard InChI is InChI=1S/C17H31NO/c1-2-14-4-6-15(7-5-14)13-18-16-8-11-19-17(12-16)9-3-10-17/h14-16,18H,2-13H2,1H3. The van der Waals surface area contributed by atoms with E-state index in [9.17, 15) is 0 Å². The molecule has 19 heavy (non-hydrogen) atoms. The summed E-state index contributed by atoms with van der Waals surface area (Å²) in [4.78, 5) is 0. The monoisotopic (exact) mass is 265 g/mol. The summed E-state index contributed by atoms with van der Waals surface area (Å²) in [6, 6.07) is 0.734. The van der Waals surface area contributed by atoms with E-state index in [2.05, 4.69) is 12.2 Å². The molecule has 110 valence electrons. The van der Waals surface area contributed by atoms with Crippen molar-refractivity contribution in [3.63, 3.8) is 0 Å². The Kier molecular flexibility index (Phi) is 4.48. The van der Waals surface area contributed by atoms with Gasteiger partial charge in [-0.25, -0.2) is 0 Å². The van der Waals surface area contributed by atoms with Crippen molar-refractivity contribution in [2.24, 2.45) is 11.8 Å². The van der Waals surface area contributed by atoms with Crippen molar-refractivity contribution < 1.29 is 4.74 Å². The van der Waals surface area contributed by atoms with Crippen LogP contribution in [-0.4, -0.2) is 24.8 Å². The molecule has 2 aliphatic carbocycles. The molecule has 3 aliphatic rings. The Balaban J connectivity index is 1.38. The Hall–Kier alpha value is -0.0800.